The largest absolute Gasteiger partial charge is 0.494 e. The summed E-state index contributed by atoms with van der Waals surface area (Å²) in [5.74, 6) is 0.901. The maximum absolute atomic E-state index is 11.0. The Kier molecular flexibility index (Phi) is 4.01. The molecule has 0 unspecified atom stereocenters. The summed E-state index contributed by atoms with van der Waals surface area (Å²) in [6.07, 6.45) is 3.86. The van der Waals surface area contributed by atoms with E-state index in [1.807, 2.05) is 60.8 Å². The lowest BCUT2D eigenvalue weighted by atomic mass is 10.1. The number of aromatic nitrogens is 1. The number of hydrogen-bond acceptors (Lipinski definition) is 2. The van der Waals surface area contributed by atoms with Crippen LogP contribution in [0, 0.1) is 0 Å². The zero-order valence-corrected chi connectivity index (χ0v) is 11.7. The number of aldehydes is 1. The highest BCUT2D eigenvalue weighted by molar-refractivity contribution is 5.97. The zero-order chi connectivity index (χ0) is 14.5. The first-order chi connectivity index (χ1) is 10.4. The summed E-state index contributed by atoms with van der Waals surface area (Å²) < 4.78 is 7.86. The van der Waals surface area contributed by atoms with Gasteiger partial charge in [-0.2, -0.15) is 0 Å². The third kappa shape index (κ3) is 2.97. The van der Waals surface area contributed by atoms with Crippen molar-refractivity contribution < 1.29 is 9.53 Å². The van der Waals surface area contributed by atoms with Crippen LogP contribution < -0.4 is 4.74 Å². The molecule has 2 aromatic carbocycles. The van der Waals surface area contributed by atoms with Crippen molar-refractivity contribution in [3.63, 3.8) is 0 Å². The number of ether oxygens (including phenoxy) is 1. The molecule has 3 nitrogen and oxygen atoms in total. The highest BCUT2D eigenvalue weighted by Gasteiger charge is 2.04. The number of para-hydroxylation sites is 1. The standard InChI is InChI=1S/C18H17NO2/c20-14-15-6-4-9-18-17(15)10-12-19(18)11-5-13-21-16-7-2-1-3-8-16/h1-4,6-10,12,14H,5,11,13H2. The molecule has 1 heterocycles. The van der Waals surface area contributed by atoms with E-state index in [0.29, 0.717) is 6.61 Å². The van der Waals surface area contributed by atoms with E-state index in [-0.39, 0.29) is 0 Å². The number of carbonyl (C=O) groups excluding carboxylic acids is 1. The van der Waals surface area contributed by atoms with Gasteiger partial charge in [0.25, 0.3) is 0 Å². The third-order valence-corrected chi connectivity index (χ3v) is 3.53. The van der Waals surface area contributed by atoms with Gasteiger partial charge in [-0.15, -0.1) is 0 Å². The number of rotatable bonds is 6. The van der Waals surface area contributed by atoms with Crippen molar-refractivity contribution in [2.24, 2.45) is 0 Å². The Morgan fingerprint density at radius 1 is 1.00 bits per heavy atom. The van der Waals surface area contributed by atoms with E-state index in [2.05, 4.69) is 4.57 Å². The predicted octanol–water partition coefficient (Wildman–Crippen LogP) is 3.92. The molecular weight excluding hydrogens is 262 g/mol. The number of carbonyl (C=O) groups is 1. The summed E-state index contributed by atoms with van der Waals surface area (Å²) in [4.78, 5) is 11.0. The van der Waals surface area contributed by atoms with E-state index < -0.39 is 0 Å². The van der Waals surface area contributed by atoms with Gasteiger partial charge in [0, 0.05) is 29.2 Å². The first kappa shape index (κ1) is 13.4. The molecule has 0 aliphatic heterocycles. The summed E-state index contributed by atoms with van der Waals surface area (Å²) in [6, 6.07) is 17.6. The summed E-state index contributed by atoms with van der Waals surface area (Å²) in [5, 5.41) is 1.01. The Labute approximate surface area is 123 Å². The van der Waals surface area contributed by atoms with Crippen LogP contribution in [0.15, 0.2) is 60.8 Å². The maximum Gasteiger partial charge on any atom is 0.150 e. The molecule has 0 spiro atoms. The van der Waals surface area contributed by atoms with Gasteiger partial charge < -0.3 is 9.30 Å². The summed E-state index contributed by atoms with van der Waals surface area (Å²) >= 11 is 0. The van der Waals surface area contributed by atoms with Crippen LogP contribution in [0.5, 0.6) is 5.75 Å². The average Bonchev–Trinajstić information content (AvgIpc) is 2.96. The lowest BCUT2D eigenvalue weighted by molar-refractivity contribution is 0.112. The van der Waals surface area contributed by atoms with Crippen molar-refractivity contribution in [3.8, 4) is 5.75 Å². The zero-order valence-electron chi connectivity index (χ0n) is 11.7. The minimum Gasteiger partial charge on any atom is -0.494 e. The van der Waals surface area contributed by atoms with Crippen LogP contribution in [0.2, 0.25) is 0 Å². The van der Waals surface area contributed by atoms with Gasteiger partial charge in [-0.1, -0.05) is 30.3 Å². The van der Waals surface area contributed by atoms with Crippen LogP contribution in [0.4, 0.5) is 0 Å². The van der Waals surface area contributed by atoms with Crippen LogP contribution in [0.3, 0.4) is 0 Å². The molecule has 0 N–H and O–H groups in total. The van der Waals surface area contributed by atoms with Gasteiger partial charge in [0.15, 0.2) is 6.29 Å². The van der Waals surface area contributed by atoms with E-state index in [0.717, 1.165) is 41.5 Å². The third-order valence-electron chi connectivity index (χ3n) is 3.53. The smallest absolute Gasteiger partial charge is 0.150 e. The molecule has 0 amide bonds. The van der Waals surface area contributed by atoms with Gasteiger partial charge in [-0.05, 0) is 30.7 Å². The SMILES string of the molecule is O=Cc1cccc2c1ccn2CCCOc1ccccc1. The maximum atomic E-state index is 11.0. The fourth-order valence-corrected chi connectivity index (χ4v) is 2.49. The second-order valence-electron chi connectivity index (χ2n) is 4.92. The minimum atomic E-state index is 0.678. The van der Waals surface area contributed by atoms with Gasteiger partial charge in [-0.25, -0.2) is 0 Å². The number of nitrogens with zero attached hydrogens (tertiary/aromatic N) is 1. The van der Waals surface area contributed by atoms with E-state index in [9.17, 15) is 4.79 Å². The first-order valence-corrected chi connectivity index (χ1v) is 7.09. The molecular formula is C18H17NO2. The molecule has 106 valence electrons. The van der Waals surface area contributed by atoms with Crippen LogP contribution in [-0.4, -0.2) is 17.5 Å². The molecule has 0 saturated carbocycles. The van der Waals surface area contributed by atoms with E-state index in [4.69, 9.17) is 4.74 Å². The molecule has 3 aromatic rings. The van der Waals surface area contributed by atoms with Crippen LogP contribution >= 0.6 is 0 Å². The molecule has 0 fully saturated rings. The molecule has 21 heavy (non-hydrogen) atoms. The summed E-state index contributed by atoms with van der Waals surface area (Å²) in [5.41, 5.74) is 1.84. The Balaban J connectivity index is 1.62. The summed E-state index contributed by atoms with van der Waals surface area (Å²) in [6.45, 7) is 1.55. The number of benzene rings is 2. The lowest BCUT2D eigenvalue weighted by Crippen LogP contribution is -2.03. The van der Waals surface area contributed by atoms with Crippen LogP contribution in [0.1, 0.15) is 16.8 Å². The molecule has 0 aliphatic rings. The molecule has 3 heteroatoms. The number of hydrogen-bond donors (Lipinski definition) is 0. The molecule has 0 radical (unpaired) electrons. The molecule has 0 atom stereocenters. The van der Waals surface area contributed by atoms with Gasteiger partial charge in [-0.3, -0.25) is 4.79 Å². The monoisotopic (exact) mass is 279 g/mol. The quantitative estimate of drug-likeness (QED) is 0.506. The number of fused-ring (bicyclic) bond motifs is 1. The molecule has 0 aliphatic carbocycles. The van der Waals surface area contributed by atoms with E-state index >= 15 is 0 Å². The van der Waals surface area contributed by atoms with Gasteiger partial charge in [0.1, 0.15) is 5.75 Å². The normalized spacial score (nSPS) is 10.7. The first-order valence-electron chi connectivity index (χ1n) is 7.09. The van der Waals surface area contributed by atoms with Crippen LogP contribution in [0.25, 0.3) is 10.9 Å². The van der Waals surface area contributed by atoms with Crippen molar-refractivity contribution in [1.82, 2.24) is 4.57 Å². The van der Waals surface area contributed by atoms with Crippen molar-refractivity contribution in [3.05, 3.63) is 66.4 Å². The average molecular weight is 279 g/mol. The van der Waals surface area contributed by atoms with Crippen molar-refractivity contribution in [2.75, 3.05) is 6.61 Å². The fraction of sp³-hybridized carbons (Fsp3) is 0.167. The summed E-state index contributed by atoms with van der Waals surface area (Å²) in [7, 11) is 0. The van der Waals surface area contributed by atoms with Crippen molar-refractivity contribution >= 4 is 17.2 Å². The Morgan fingerprint density at radius 2 is 1.86 bits per heavy atom. The second-order valence-corrected chi connectivity index (χ2v) is 4.92. The Hall–Kier alpha value is -2.55. The molecule has 3 rings (SSSR count). The molecule has 0 saturated heterocycles. The van der Waals surface area contributed by atoms with Gasteiger partial charge in [0.2, 0.25) is 0 Å². The van der Waals surface area contributed by atoms with E-state index in [1.165, 1.54) is 0 Å². The molecule has 1 aromatic heterocycles. The highest BCUT2D eigenvalue weighted by atomic mass is 16.5. The highest BCUT2D eigenvalue weighted by Crippen LogP contribution is 2.19. The topological polar surface area (TPSA) is 31.2 Å². The fourth-order valence-electron chi connectivity index (χ4n) is 2.49. The minimum absolute atomic E-state index is 0.678. The van der Waals surface area contributed by atoms with Gasteiger partial charge in [0.05, 0.1) is 6.61 Å². The van der Waals surface area contributed by atoms with Crippen LogP contribution in [-0.2, 0) is 6.54 Å². The predicted molar refractivity (Wildman–Crippen MR) is 83.9 cm³/mol. The van der Waals surface area contributed by atoms with Crippen molar-refractivity contribution in [1.29, 1.82) is 0 Å². The number of aryl methyl sites for hydroxylation is 1. The Bertz CT molecular complexity index is 731. The van der Waals surface area contributed by atoms with E-state index in [1.54, 1.807) is 0 Å². The Morgan fingerprint density at radius 3 is 2.67 bits per heavy atom. The van der Waals surface area contributed by atoms with Crippen molar-refractivity contribution in [2.45, 2.75) is 13.0 Å². The lowest BCUT2D eigenvalue weighted by Gasteiger charge is -2.08. The molecule has 0 bridgehead atoms. The van der Waals surface area contributed by atoms with Gasteiger partial charge >= 0.3 is 0 Å². The second kappa shape index (κ2) is 6.27.